The highest BCUT2D eigenvalue weighted by Crippen LogP contribution is 2.17. The molecule has 1 heterocycles. The Kier molecular flexibility index (Phi) is 6.47. The van der Waals surface area contributed by atoms with E-state index in [1.54, 1.807) is 24.3 Å². The van der Waals surface area contributed by atoms with Crippen LogP contribution in [0.5, 0.6) is 0 Å². The van der Waals surface area contributed by atoms with Gasteiger partial charge in [0.15, 0.2) is 0 Å². The largest absolute Gasteiger partial charge is 0.467 e. The Balaban J connectivity index is 1.80. The predicted molar refractivity (Wildman–Crippen MR) is 116 cm³/mol. The van der Waals surface area contributed by atoms with Gasteiger partial charge in [0, 0.05) is 26.3 Å². The van der Waals surface area contributed by atoms with Gasteiger partial charge >= 0.3 is 6.03 Å². The summed E-state index contributed by atoms with van der Waals surface area (Å²) in [6, 6.07) is 16.8. The molecule has 0 saturated heterocycles. The van der Waals surface area contributed by atoms with Crippen molar-refractivity contribution in [2.45, 2.75) is 24.9 Å². The number of carbonyl (C=O) groups is 1. The van der Waals surface area contributed by atoms with E-state index in [2.05, 4.69) is 4.72 Å². The third kappa shape index (κ3) is 5.42. The zero-order valence-electron chi connectivity index (χ0n) is 17.2. The van der Waals surface area contributed by atoms with Gasteiger partial charge in [0.1, 0.15) is 5.76 Å². The molecule has 158 valence electrons. The average Bonchev–Trinajstić information content (AvgIpc) is 3.21. The highest BCUT2D eigenvalue weighted by atomic mass is 32.2. The van der Waals surface area contributed by atoms with Crippen molar-refractivity contribution in [1.82, 2.24) is 9.62 Å². The summed E-state index contributed by atoms with van der Waals surface area (Å²) < 4.78 is 32.8. The van der Waals surface area contributed by atoms with Crippen LogP contribution in [0.15, 0.2) is 76.2 Å². The fourth-order valence-electron chi connectivity index (χ4n) is 2.87. The van der Waals surface area contributed by atoms with Gasteiger partial charge in [-0.05, 0) is 48.9 Å². The summed E-state index contributed by atoms with van der Waals surface area (Å²) >= 11 is 0. The molecule has 0 saturated carbocycles. The Bertz CT molecular complexity index is 1070. The molecule has 0 aliphatic carbocycles. The fraction of sp³-hybridized carbons (Fsp3) is 0.227. The van der Waals surface area contributed by atoms with Crippen LogP contribution in [0.3, 0.4) is 0 Å². The van der Waals surface area contributed by atoms with Crippen molar-refractivity contribution in [2.24, 2.45) is 0 Å². The van der Waals surface area contributed by atoms with Crippen LogP contribution < -0.4 is 9.62 Å². The minimum atomic E-state index is -3.99. The van der Waals surface area contributed by atoms with Gasteiger partial charge in [0.25, 0.3) is 10.0 Å². The molecule has 0 fully saturated rings. The van der Waals surface area contributed by atoms with Crippen LogP contribution in [0.25, 0.3) is 0 Å². The van der Waals surface area contributed by atoms with E-state index in [1.807, 2.05) is 50.2 Å². The first-order chi connectivity index (χ1) is 14.2. The van der Waals surface area contributed by atoms with E-state index in [9.17, 15) is 13.2 Å². The molecule has 3 aromatic rings. The van der Waals surface area contributed by atoms with Crippen molar-refractivity contribution < 1.29 is 17.6 Å². The van der Waals surface area contributed by atoms with Crippen molar-refractivity contribution in [3.8, 4) is 0 Å². The molecule has 30 heavy (non-hydrogen) atoms. The Morgan fingerprint density at radius 1 is 0.967 bits per heavy atom. The smallest absolute Gasteiger partial charge is 0.332 e. The maximum Gasteiger partial charge on any atom is 0.332 e. The van der Waals surface area contributed by atoms with E-state index in [4.69, 9.17) is 4.42 Å². The van der Waals surface area contributed by atoms with Gasteiger partial charge in [-0.3, -0.25) is 0 Å². The van der Waals surface area contributed by atoms with Crippen LogP contribution in [0.2, 0.25) is 0 Å². The molecule has 8 heteroatoms. The van der Waals surface area contributed by atoms with Gasteiger partial charge in [-0.25, -0.2) is 17.9 Å². The van der Waals surface area contributed by atoms with E-state index < -0.39 is 16.1 Å². The lowest BCUT2D eigenvalue weighted by Gasteiger charge is -2.23. The number of sulfonamides is 1. The first-order valence-electron chi connectivity index (χ1n) is 9.41. The number of carbonyl (C=O) groups excluding carboxylic acids is 1. The summed E-state index contributed by atoms with van der Waals surface area (Å²) in [5.74, 6) is 0.558. The van der Waals surface area contributed by atoms with E-state index >= 15 is 0 Å². The molecule has 0 aliphatic rings. The molecule has 1 aromatic heterocycles. The number of hydrogen-bond donors (Lipinski definition) is 1. The fourth-order valence-corrected chi connectivity index (χ4v) is 3.84. The Hall–Kier alpha value is -3.26. The first kappa shape index (κ1) is 21.4. The molecule has 7 nitrogen and oxygen atoms in total. The van der Waals surface area contributed by atoms with E-state index in [-0.39, 0.29) is 18.0 Å². The van der Waals surface area contributed by atoms with Crippen molar-refractivity contribution in [2.75, 3.05) is 19.0 Å². The maximum atomic E-state index is 12.9. The Labute approximate surface area is 177 Å². The lowest BCUT2D eigenvalue weighted by Crippen LogP contribution is -2.42. The number of rotatable bonds is 7. The van der Waals surface area contributed by atoms with Crippen molar-refractivity contribution in [1.29, 1.82) is 0 Å². The lowest BCUT2D eigenvalue weighted by molar-refractivity contribution is 0.193. The molecule has 2 amide bonds. The average molecular weight is 428 g/mol. The topological polar surface area (TPSA) is 82.9 Å². The van der Waals surface area contributed by atoms with Crippen LogP contribution in [-0.2, 0) is 23.1 Å². The van der Waals surface area contributed by atoms with Crippen LogP contribution in [0.1, 0.15) is 16.9 Å². The van der Waals surface area contributed by atoms with Crippen molar-refractivity contribution in [3.05, 3.63) is 83.8 Å². The minimum Gasteiger partial charge on any atom is -0.467 e. The minimum absolute atomic E-state index is 0.0368. The number of furan rings is 1. The zero-order chi connectivity index (χ0) is 21.7. The third-order valence-electron chi connectivity index (χ3n) is 4.59. The van der Waals surface area contributed by atoms with Gasteiger partial charge in [-0.2, -0.15) is 0 Å². The summed E-state index contributed by atoms with van der Waals surface area (Å²) in [4.78, 5) is 16.3. The highest BCUT2D eigenvalue weighted by molar-refractivity contribution is 7.90. The van der Waals surface area contributed by atoms with E-state index in [0.717, 1.165) is 16.8 Å². The summed E-state index contributed by atoms with van der Waals surface area (Å²) in [6.45, 7) is 2.23. The maximum absolute atomic E-state index is 12.9. The molecule has 1 N–H and O–H groups in total. The summed E-state index contributed by atoms with van der Waals surface area (Å²) in [5.41, 5.74) is 2.83. The van der Waals surface area contributed by atoms with E-state index in [0.29, 0.717) is 5.76 Å². The normalized spacial score (nSPS) is 11.2. The number of amides is 2. The Morgan fingerprint density at radius 2 is 1.63 bits per heavy atom. The zero-order valence-corrected chi connectivity index (χ0v) is 18.0. The molecular weight excluding hydrogens is 402 g/mol. The number of anilines is 1. The number of hydrogen-bond acceptors (Lipinski definition) is 5. The molecule has 0 atom stereocenters. The summed E-state index contributed by atoms with van der Waals surface area (Å²) in [7, 11) is -0.0969. The van der Waals surface area contributed by atoms with Gasteiger partial charge in [-0.15, -0.1) is 0 Å². The number of aryl methyl sites for hydroxylation is 1. The first-order valence-corrected chi connectivity index (χ1v) is 10.9. The van der Waals surface area contributed by atoms with Gasteiger partial charge < -0.3 is 14.2 Å². The van der Waals surface area contributed by atoms with Crippen LogP contribution in [-0.4, -0.2) is 33.4 Å². The monoisotopic (exact) mass is 427 g/mol. The second kappa shape index (κ2) is 9.04. The molecule has 0 aliphatic heterocycles. The molecule has 2 aromatic carbocycles. The van der Waals surface area contributed by atoms with E-state index in [1.165, 1.54) is 23.3 Å². The third-order valence-corrected chi connectivity index (χ3v) is 5.93. The molecule has 0 radical (unpaired) electrons. The number of urea groups is 1. The van der Waals surface area contributed by atoms with Gasteiger partial charge in [0.2, 0.25) is 0 Å². The molecule has 3 rings (SSSR count). The highest BCUT2D eigenvalue weighted by Gasteiger charge is 2.23. The van der Waals surface area contributed by atoms with Crippen molar-refractivity contribution in [3.63, 3.8) is 0 Å². The number of benzene rings is 2. The quantitative estimate of drug-likeness (QED) is 0.621. The standard InChI is InChI=1S/C22H25N3O4S/c1-17-6-12-21(13-7-17)30(27,28)23-22(26)25(16-20-5-4-14-29-20)15-18-8-10-19(11-9-18)24(2)3/h4-14H,15-16H2,1-3H3,(H,23,26). The second-order valence-corrected chi connectivity index (χ2v) is 8.90. The predicted octanol–water partition coefficient (Wildman–Crippen LogP) is 3.75. The van der Waals surface area contributed by atoms with Crippen LogP contribution >= 0.6 is 0 Å². The molecule has 0 unspecified atom stereocenters. The Morgan fingerprint density at radius 3 is 2.20 bits per heavy atom. The molecular formula is C22H25N3O4S. The van der Waals surface area contributed by atoms with Gasteiger partial charge in [0.05, 0.1) is 17.7 Å². The summed E-state index contributed by atoms with van der Waals surface area (Å²) in [5, 5.41) is 0. The lowest BCUT2D eigenvalue weighted by atomic mass is 10.2. The number of nitrogens with zero attached hydrogens (tertiary/aromatic N) is 2. The molecule has 0 spiro atoms. The van der Waals surface area contributed by atoms with Crippen LogP contribution in [0, 0.1) is 6.92 Å². The van der Waals surface area contributed by atoms with Crippen molar-refractivity contribution >= 4 is 21.7 Å². The SMILES string of the molecule is Cc1ccc(S(=O)(=O)NC(=O)N(Cc2ccc(N(C)C)cc2)Cc2ccco2)cc1. The number of nitrogens with one attached hydrogen (secondary N) is 1. The second-order valence-electron chi connectivity index (χ2n) is 7.22. The summed E-state index contributed by atoms with van der Waals surface area (Å²) in [6.07, 6.45) is 1.51. The van der Waals surface area contributed by atoms with Crippen LogP contribution in [0.4, 0.5) is 10.5 Å². The van der Waals surface area contributed by atoms with Gasteiger partial charge in [-0.1, -0.05) is 29.8 Å². The molecule has 0 bridgehead atoms.